The molecule has 41 heavy (non-hydrogen) atoms. The molecule has 7 nitrogen and oxygen atoms in total. The van der Waals surface area contributed by atoms with Crippen molar-refractivity contribution in [3.8, 4) is 11.1 Å². The van der Waals surface area contributed by atoms with Gasteiger partial charge in [0.2, 0.25) is 0 Å². The molecule has 1 unspecified atom stereocenters. The summed E-state index contributed by atoms with van der Waals surface area (Å²) in [6.07, 6.45) is -4.43. The van der Waals surface area contributed by atoms with E-state index in [0.717, 1.165) is 29.1 Å². The number of carbonyl (C=O) groups is 2. The molecule has 0 aromatic heterocycles. The molecule has 1 atom stereocenters. The van der Waals surface area contributed by atoms with Crippen LogP contribution in [-0.2, 0) is 20.5 Å². The van der Waals surface area contributed by atoms with Gasteiger partial charge in [0.1, 0.15) is 11.3 Å². The van der Waals surface area contributed by atoms with Crippen LogP contribution in [-0.4, -0.2) is 29.9 Å². The van der Waals surface area contributed by atoms with Crippen molar-refractivity contribution in [2.45, 2.75) is 51.4 Å². The van der Waals surface area contributed by atoms with Gasteiger partial charge < -0.3 is 19.8 Å². The normalized spacial score (nSPS) is 17.0. The molecule has 11 heteroatoms. The lowest BCUT2D eigenvalue weighted by atomic mass is 9.91. The van der Waals surface area contributed by atoms with Crippen LogP contribution in [0.4, 0.5) is 29.3 Å². The Kier molecular flexibility index (Phi) is 7.46. The minimum Gasteiger partial charge on any atom is -0.444 e. The zero-order valence-corrected chi connectivity index (χ0v) is 23.3. The fraction of sp³-hybridized carbons (Fsp3) is 0.300. The Hall–Kier alpha value is -4.05. The summed E-state index contributed by atoms with van der Waals surface area (Å²) in [7, 11) is 0. The molecule has 0 aliphatic carbocycles. The summed E-state index contributed by atoms with van der Waals surface area (Å²) in [5.41, 5.74) is 3.30. The molecule has 0 saturated heterocycles. The number of hydrogen-bond acceptors (Lipinski definition) is 6. The molecular formula is C30H27ClF3N3O4. The van der Waals surface area contributed by atoms with Crippen LogP contribution in [0, 0.1) is 0 Å². The Morgan fingerprint density at radius 3 is 2.37 bits per heavy atom. The lowest BCUT2D eigenvalue weighted by Crippen LogP contribution is -2.39. The van der Waals surface area contributed by atoms with Gasteiger partial charge in [-0.1, -0.05) is 35.0 Å². The lowest BCUT2D eigenvalue weighted by Gasteiger charge is -2.37. The third-order valence-corrected chi connectivity index (χ3v) is 7.03. The molecular weight excluding hydrogens is 559 g/mol. The fourth-order valence-corrected chi connectivity index (χ4v) is 5.15. The summed E-state index contributed by atoms with van der Waals surface area (Å²) in [5, 5.41) is 7.15. The highest BCUT2D eigenvalue weighted by Gasteiger charge is 2.32. The molecule has 0 spiro atoms. The van der Waals surface area contributed by atoms with Gasteiger partial charge in [-0.05, 0) is 86.3 Å². The largest absolute Gasteiger partial charge is 0.444 e. The van der Waals surface area contributed by atoms with Gasteiger partial charge in [-0.25, -0.2) is 9.59 Å². The molecule has 3 aromatic carbocycles. The lowest BCUT2D eigenvalue weighted by molar-refractivity contribution is -0.140. The van der Waals surface area contributed by atoms with Crippen molar-refractivity contribution in [2.24, 2.45) is 5.16 Å². The van der Waals surface area contributed by atoms with E-state index in [-0.39, 0.29) is 6.42 Å². The zero-order chi connectivity index (χ0) is 29.5. The average molecular weight is 586 g/mol. The van der Waals surface area contributed by atoms with Gasteiger partial charge >= 0.3 is 18.2 Å². The number of oxime groups is 1. The second kappa shape index (κ2) is 10.7. The molecule has 2 aliphatic heterocycles. The molecule has 3 aromatic rings. The van der Waals surface area contributed by atoms with E-state index in [0.29, 0.717) is 40.4 Å². The Morgan fingerprint density at radius 2 is 1.76 bits per heavy atom. The molecule has 214 valence electrons. The number of ether oxygens (including phenoxy) is 1. The predicted molar refractivity (Wildman–Crippen MR) is 149 cm³/mol. The Labute approximate surface area is 239 Å². The van der Waals surface area contributed by atoms with Crippen molar-refractivity contribution < 1.29 is 32.3 Å². The second-order valence-electron chi connectivity index (χ2n) is 10.8. The number of nitrogens with one attached hydrogen (secondary N) is 1. The highest BCUT2D eigenvalue weighted by atomic mass is 35.5. The summed E-state index contributed by atoms with van der Waals surface area (Å²) in [5.74, 6) is -0.447. The maximum Gasteiger partial charge on any atom is 0.416 e. The van der Waals surface area contributed by atoms with Crippen molar-refractivity contribution >= 4 is 40.7 Å². The Morgan fingerprint density at radius 1 is 1.05 bits per heavy atom. The molecule has 1 amide bonds. The molecule has 2 heterocycles. The maximum absolute atomic E-state index is 13.1. The van der Waals surface area contributed by atoms with Crippen molar-refractivity contribution in [1.29, 1.82) is 0 Å². The van der Waals surface area contributed by atoms with Crippen molar-refractivity contribution in [1.82, 2.24) is 5.32 Å². The molecule has 2 aliphatic rings. The summed E-state index contributed by atoms with van der Waals surface area (Å²) >= 11 is 6.58. The van der Waals surface area contributed by atoms with Crippen molar-refractivity contribution in [3.63, 3.8) is 0 Å². The van der Waals surface area contributed by atoms with E-state index in [1.807, 2.05) is 29.2 Å². The van der Waals surface area contributed by atoms with E-state index in [2.05, 4.69) is 10.5 Å². The van der Waals surface area contributed by atoms with Crippen molar-refractivity contribution in [2.75, 3.05) is 11.4 Å². The van der Waals surface area contributed by atoms with E-state index in [1.54, 1.807) is 32.9 Å². The van der Waals surface area contributed by atoms with Crippen molar-refractivity contribution in [3.05, 3.63) is 82.4 Å². The summed E-state index contributed by atoms with van der Waals surface area (Å²) < 4.78 is 44.8. The van der Waals surface area contributed by atoms with E-state index in [4.69, 9.17) is 21.2 Å². The van der Waals surface area contributed by atoms with E-state index in [1.165, 1.54) is 12.1 Å². The highest BCUT2D eigenvalue weighted by Crippen LogP contribution is 2.42. The van der Waals surface area contributed by atoms with Crippen LogP contribution in [0.5, 0.6) is 0 Å². The minimum absolute atomic E-state index is 0.0381. The number of alkyl halides is 3. The minimum atomic E-state index is -4.43. The van der Waals surface area contributed by atoms with Crippen LogP contribution in [0.1, 0.15) is 56.3 Å². The first-order chi connectivity index (χ1) is 19.3. The van der Waals surface area contributed by atoms with Crippen LogP contribution in [0.25, 0.3) is 11.1 Å². The number of benzene rings is 3. The number of halogens is 4. The Balaban J connectivity index is 1.50. The van der Waals surface area contributed by atoms with E-state index >= 15 is 0 Å². The van der Waals surface area contributed by atoms with Gasteiger partial charge in [-0.15, -0.1) is 0 Å². The molecule has 0 radical (unpaired) electrons. The SMILES string of the molecule is CC(C)(C)OC(=O)NC1CCN(c2ccc(C3=NOC(=O)C3)c(Cl)c2)c2ccc(-c3ccc(C(F)(F)F)cc3)cc21. The maximum atomic E-state index is 13.1. The standard InChI is InChI=1S/C30H27ClF3N3O4/c1-29(2,3)40-28(39)35-24-12-13-37(20-9-10-21(23(31)15-20)25-16-27(38)41-36-25)26-11-6-18(14-22(24)26)17-4-7-19(8-5-17)30(32,33)34/h4-11,14-15,24H,12-13,16H2,1-3H3,(H,35,39). The number of amides is 1. The number of nitrogens with zero attached hydrogens (tertiary/aromatic N) is 2. The Bertz CT molecular complexity index is 1530. The molecule has 5 rings (SSSR count). The average Bonchev–Trinajstić information content (AvgIpc) is 3.33. The summed E-state index contributed by atoms with van der Waals surface area (Å²) in [4.78, 5) is 30.9. The first kappa shape index (κ1) is 28.5. The second-order valence-corrected chi connectivity index (χ2v) is 11.2. The summed E-state index contributed by atoms with van der Waals surface area (Å²) in [6.45, 7) is 5.86. The fourth-order valence-electron chi connectivity index (χ4n) is 4.87. The number of hydrogen-bond donors (Lipinski definition) is 1. The smallest absolute Gasteiger partial charge is 0.416 e. The first-order valence-electron chi connectivity index (χ1n) is 12.9. The monoisotopic (exact) mass is 585 g/mol. The van der Waals surface area contributed by atoms with Gasteiger partial charge in [0.05, 0.1) is 23.0 Å². The van der Waals surface area contributed by atoms with Crippen LogP contribution in [0.15, 0.2) is 65.8 Å². The number of alkyl carbamates (subject to hydrolysis) is 1. The third kappa shape index (κ3) is 6.32. The zero-order valence-electron chi connectivity index (χ0n) is 22.5. The number of rotatable bonds is 4. The highest BCUT2D eigenvalue weighted by molar-refractivity contribution is 6.35. The van der Waals surface area contributed by atoms with Crippen LogP contribution in [0.3, 0.4) is 0 Å². The topological polar surface area (TPSA) is 80.2 Å². The molecule has 0 saturated carbocycles. The molecule has 1 N–H and O–H groups in total. The molecule has 0 bridgehead atoms. The first-order valence-corrected chi connectivity index (χ1v) is 13.3. The van der Waals surface area contributed by atoms with Crippen LogP contribution in [0.2, 0.25) is 5.02 Å². The van der Waals surface area contributed by atoms with Gasteiger partial charge in [0.25, 0.3) is 0 Å². The van der Waals surface area contributed by atoms with E-state index < -0.39 is 35.4 Å². The van der Waals surface area contributed by atoms with Gasteiger partial charge in [0, 0.05) is 23.5 Å². The quantitative estimate of drug-likeness (QED) is 0.316. The molecule has 0 fully saturated rings. The van der Waals surface area contributed by atoms with Crippen LogP contribution < -0.4 is 10.2 Å². The third-order valence-electron chi connectivity index (χ3n) is 6.72. The summed E-state index contributed by atoms with van der Waals surface area (Å²) in [6, 6.07) is 15.5. The number of fused-ring (bicyclic) bond motifs is 1. The predicted octanol–water partition coefficient (Wildman–Crippen LogP) is 7.78. The van der Waals surface area contributed by atoms with Gasteiger partial charge in [0.15, 0.2) is 0 Å². The van der Waals surface area contributed by atoms with Crippen LogP contribution >= 0.6 is 11.6 Å². The number of carbonyl (C=O) groups excluding carboxylic acids is 2. The van der Waals surface area contributed by atoms with Gasteiger partial charge in [-0.3, -0.25) is 0 Å². The van der Waals surface area contributed by atoms with E-state index in [9.17, 15) is 22.8 Å². The number of anilines is 2. The van der Waals surface area contributed by atoms with Gasteiger partial charge in [-0.2, -0.15) is 13.2 Å².